The van der Waals surface area contributed by atoms with Gasteiger partial charge in [-0.15, -0.1) is 11.6 Å². The normalized spacial score (nSPS) is 15.3. The second-order valence-electron chi connectivity index (χ2n) is 3.07. The van der Waals surface area contributed by atoms with Gasteiger partial charge in [0.2, 0.25) is 0 Å². The summed E-state index contributed by atoms with van der Waals surface area (Å²) < 4.78 is 5.08. The molecule has 0 radical (unpaired) electrons. The Hall–Kier alpha value is -0.240. The molecule has 0 aliphatic rings. The average Bonchev–Trinajstić information content (AvgIpc) is 1.84. The molecule has 0 saturated carbocycles. The highest BCUT2D eigenvalue weighted by Crippen LogP contribution is 2.06. The first kappa shape index (κ1) is 11.8. The van der Waals surface area contributed by atoms with Crippen LogP contribution < -0.4 is 0 Å². The molecule has 0 aliphatic carbocycles. The minimum Gasteiger partial charge on any atom is -0.463 e. The maximum Gasteiger partial charge on any atom is 0.307 e. The van der Waals surface area contributed by atoms with Crippen LogP contribution in [0.5, 0.6) is 0 Å². The third-order valence-electron chi connectivity index (χ3n) is 1.48. The van der Waals surface area contributed by atoms with Gasteiger partial charge in [0, 0.05) is 5.38 Å². The molecule has 0 aromatic rings. The third kappa shape index (κ3) is 6.47. The van der Waals surface area contributed by atoms with E-state index in [-0.39, 0.29) is 17.5 Å². The Morgan fingerprint density at radius 1 is 1.50 bits per heavy atom. The van der Waals surface area contributed by atoms with Crippen molar-refractivity contribution in [2.75, 3.05) is 0 Å². The molecule has 0 N–H and O–H groups in total. The van der Waals surface area contributed by atoms with E-state index in [4.69, 9.17) is 16.3 Å². The second-order valence-corrected chi connectivity index (χ2v) is 3.82. The van der Waals surface area contributed by atoms with Gasteiger partial charge in [-0.3, -0.25) is 4.79 Å². The number of carbonyl (C=O) groups excluding carboxylic acids is 1. The van der Waals surface area contributed by atoms with Crippen LogP contribution in [0.25, 0.3) is 0 Å². The molecule has 0 heterocycles. The Morgan fingerprint density at radius 2 is 2.08 bits per heavy atom. The lowest BCUT2D eigenvalue weighted by Crippen LogP contribution is -2.16. The predicted molar refractivity (Wildman–Crippen MR) is 50.4 cm³/mol. The highest BCUT2D eigenvalue weighted by atomic mass is 35.5. The lowest BCUT2D eigenvalue weighted by molar-refractivity contribution is -0.148. The molecule has 0 amide bonds. The van der Waals surface area contributed by atoms with Gasteiger partial charge in [0.05, 0.1) is 12.5 Å². The Bertz CT molecular complexity index is 134. The van der Waals surface area contributed by atoms with Crippen molar-refractivity contribution in [3.63, 3.8) is 0 Å². The molecule has 0 fully saturated rings. The number of rotatable bonds is 5. The molecule has 2 unspecified atom stereocenters. The van der Waals surface area contributed by atoms with Gasteiger partial charge in [-0.1, -0.05) is 13.3 Å². The lowest BCUT2D eigenvalue weighted by Gasteiger charge is -2.12. The van der Waals surface area contributed by atoms with Crippen molar-refractivity contribution in [3.8, 4) is 0 Å². The van der Waals surface area contributed by atoms with Crippen molar-refractivity contribution in [1.29, 1.82) is 0 Å². The zero-order chi connectivity index (χ0) is 9.56. The molecular weight excluding hydrogens is 176 g/mol. The number of carbonyl (C=O) groups is 1. The minimum absolute atomic E-state index is 0.0258. The van der Waals surface area contributed by atoms with Gasteiger partial charge in [0.15, 0.2) is 0 Å². The molecule has 0 saturated heterocycles. The van der Waals surface area contributed by atoms with E-state index >= 15 is 0 Å². The highest BCUT2D eigenvalue weighted by Gasteiger charge is 2.10. The summed E-state index contributed by atoms with van der Waals surface area (Å²) >= 11 is 5.63. The summed E-state index contributed by atoms with van der Waals surface area (Å²) in [7, 11) is 0. The smallest absolute Gasteiger partial charge is 0.307 e. The van der Waals surface area contributed by atoms with E-state index in [9.17, 15) is 4.79 Å². The molecule has 0 bridgehead atoms. The Kier molecular flexibility index (Phi) is 6.17. The van der Waals surface area contributed by atoms with Crippen LogP contribution in [0.15, 0.2) is 0 Å². The van der Waals surface area contributed by atoms with Gasteiger partial charge in [0.1, 0.15) is 0 Å². The molecule has 2 atom stereocenters. The summed E-state index contributed by atoms with van der Waals surface area (Å²) in [6, 6.07) is 0. The molecule has 12 heavy (non-hydrogen) atoms. The van der Waals surface area contributed by atoms with Gasteiger partial charge in [0.25, 0.3) is 0 Å². The van der Waals surface area contributed by atoms with Crippen molar-refractivity contribution in [3.05, 3.63) is 0 Å². The van der Waals surface area contributed by atoms with Gasteiger partial charge >= 0.3 is 5.97 Å². The fourth-order valence-corrected chi connectivity index (χ4v) is 1.09. The van der Waals surface area contributed by atoms with Crippen molar-refractivity contribution in [1.82, 2.24) is 0 Å². The SMILES string of the molecule is CCCC(C)OC(=O)CC(C)Cl. The fraction of sp³-hybridized carbons (Fsp3) is 0.889. The Labute approximate surface area is 79.2 Å². The minimum atomic E-state index is -0.196. The van der Waals surface area contributed by atoms with Gasteiger partial charge in [-0.25, -0.2) is 0 Å². The number of halogens is 1. The summed E-state index contributed by atoms with van der Waals surface area (Å²) in [5, 5.41) is -0.133. The van der Waals surface area contributed by atoms with E-state index in [2.05, 4.69) is 6.92 Å². The third-order valence-corrected chi connectivity index (χ3v) is 1.63. The van der Waals surface area contributed by atoms with E-state index < -0.39 is 0 Å². The van der Waals surface area contributed by atoms with Crippen molar-refractivity contribution in [2.24, 2.45) is 0 Å². The quantitative estimate of drug-likeness (QED) is 0.495. The maximum atomic E-state index is 11.0. The van der Waals surface area contributed by atoms with Crippen LogP contribution in [-0.4, -0.2) is 17.5 Å². The molecule has 0 spiro atoms. The van der Waals surface area contributed by atoms with Crippen molar-refractivity contribution in [2.45, 2.75) is 51.5 Å². The standard InChI is InChI=1S/C9H17ClO2/c1-4-5-8(3)12-9(11)6-7(2)10/h7-8H,4-6H2,1-3H3. The predicted octanol–water partition coefficient (Wildman–Crippen LogP) is 2.74. The first-order valence-electron chi connectivity index (χ1n) is 4.39. The molecule has 72 valence electrons. The highest BCUT2D eigenvalue weighted by molar-refractivity contribution is 6.21. The van der Waals surface area contributed by atoms with Gasteiger partial charge in [-0.05, 0) is 20.3 Å². The van der Waals surface area contributed by atoms with Crippen LogP contribution in [0.3, 0.4) is 0 Å². The summed E-state index contributed by atoms with van der Waals surface area (Å²) in [5.41, 5.74) is 0. The molecule has 2 nitrogen and oxygen atoms in total. The van der Waals surface area contributed by atoms with E-state index in [0.717, 1.165) is 12.8 Å². The second kappa shape index (κ2) is 6.30. The fourth-order valence-electron chi connectivity index (χ4n) is 0.968. The van der Waals surface area contributed by atoms with Gasteiger partial charge < -0.3 is 4.74 Å². The number of hydrogen-bond acceptors (Lipinski definition) is 2. The average molecular weight is 193 g/mol. The van der Waals surface area contributed by atoms with Crippen LogP contribution in [0.1, 0.15) is 40.0 Å². The number of hydrogen-bond donors (Lipinski definition) is 0. The Balaban J connectivity index is 3.54. The topological polar surface area (TPSA) is 26.3 Å². The summed E-state index contributed by atoms with van der Waals surface area (Å²) in [6.45, 7) is 5.75. The summed E-state index contributed by atoms with van der Waals surface area (Å²) in [6.07, 6.45) is 2.28. The summed E-state index contributed by atoms with van der Waals surface area (Å²) in [4.78, 5) is 11.0. The maximum absolute atomic E-state index is 11.0. The van der Waals surface area contributed by atoms with E-state index in [1.165, 1.54) is 0 Å². The van der Waals surface area contributed by atoms with E-state index in [1.54, 1.807) is 6.92 Å². The van der Waals surface area contributed by atoms with E-state index in [1.807, 2.05) is 6.92 Å². The lowest BCUT2D eigenvalue weighted by atomic mass is 10.2. The van der Waals surface area contributed by atoms with Gasteiger partial charge in [-0.2, -0.15) is 0 Å². The van der Waals surface area contributed by atoms with E-state index in [0.29, 0.717) is 6.42 Å². The zero-order valence-electron chi connectivity index (χ0n) is 7.97. The van der Waals surface area contributed by atoms with Crippen LogP contribution in [0.4, 0.5) is 0 Å². The Morgan fingerprint density at radius 3 is 2.50 bits per heavy atom. The molecule has 0 aromatic carbocycles. The zero-order valence-corrected chi connectivity index (χ0v) is 8.73. The molecular formula is C9H17ClO2. The molecule has 0 aliphatic heterocycles. The van der Waals surface area contributed by atoms with Crippen molar-refractivity contribution < 1.29 is 9.53 Å². The molecule has 0 aromatic heterocycles. The van der Waals surface area contributed by atoms with Crippen LogP contribution in [0, 0.1) is 0 Å². The number of esters is 1. The number of ether oxygens (including phenoxy) is 1. The van der Waals surface area contributed by atoms with Crippen LogP contribution >= 0.6 is 11.6 Å². The number of alkyl halides is 1. The molecule has 0 rings (SSSR count). The first-order chi connectivity index (χ1) is 5.56. The monoisotopic (exact) mass is 192 g/mol. The summed E-state index contributed by atoms with van der Waals surface area (Å²) in [5.74, 6) is -0.196. The van der Waals surface area contributed by atoms with Crippen LogP contribution in [0.2, 0.25) is 0 Å². The first-order valence-corrected chi connectivity index (χ1v) is 4.83. The molecule has 3 heteroatoms. The largest absolute Gasteiger partial charge is 0.463 e. The van der Waals surface area contributed by atoms with Crippen LogP contribution in [-0.2, 0) is 9.53 Å². The van der Waals surface area contributed by atoms with Crippen molar-refractivity contribution >= 4 is 17.6 Å².